The van der Waals surface area contributed by atoms with Crippen LogP contribution in [0.3, 0.4) is 0 Å². The summed E-state index contributed by atoms with van der Waals surface area (Å²) in [7, 11) is 0. The highest BCUT2D eigenvalue weighted by molar-refractivity contribution is 5.89. The minimum absolute atomic E-state index is 0.174. The predicted octanol–water partition coefficient (Wildman–Crippen LogP) is 4.47. The molecule has 0 amide bonds. The van der Waals surface area contributed by atoms with Crippen LogP contribution in [0.25, 0.3) is 10.9 Å². The lowest BCUT2D eigenvalue weighted by molar-refractivity contribution is 0.190. The molecule has 1 aromatic heterocycles. The van der Waals surface area contributed by atoms with Gasteiger partial charge >= 0.3 is 0 Å². The second-order valence-corrected chi connectivity index (χ2v) is 7.24. The standard InChI is InChI=1S/C22H24FN3O/c23-20-5-2-17(3-6-20)7-11-25-12-9-21(10-13-25)26-14-8-19-4-1-18(16-24-27)15-22(19)26/h1-6,8,14-16,21,27H,7,9-13H2/b24-16+. The van der Waals surface area contributed by atoms with Gasteiger partial charge in [-0.25, -0.2) is 4.39 Å². The summed E-state index contributed by atoms with van der Waals surface area (Å²) in [5, 5.41) is 13.1. The summed E-state index contributed by atoms with van der Waals surface area (Å²) >= 11 is 0. The number of hydrogen-bond donors (Lipinski definition) is 1. The molecular weight excluding hydrogens is 341 g/mol. The van der Waals surface area contributed by atoms with E-state index in [-0.39, 0.29) is 5.82 Å². The number of nitrogens with zero attached hydrogens (tertiary/aromatic N) is 3. The third-order valence-corrected chi connectivity index (χ3v) is 5.53. The molecule has 5 heteroatoms. The Morgan fingerprint density at radius 1 is 1.07 bits per heavy atom. The molecule has 1 fully saturated rings. The van der Waals surface area contributed by atoms with Gasteiger partial charge in [0.1, 0.15) is 5.82 Å². The van der Waals surface area contributed by atoms with Crippen molar-refractivity contribution in [2.75, 3.05) is 19.6 Å². The summed E-state index contributed by atoms with van der Waals surface area (Å²) in [6.07, 6.45) is 6.83. The van der Waals surface area contributed by atoms with Crippen LogP contribution in [0.15, 0.2) is 59.9 Å². The molecule has 1 N–H and O–H groups in total. The maximum absolute atomic E-state index is 13.0. The van der Waals surface area contributed by atoms with Gasteiger partial charge in [0.25, 0.3) is 0 Å². The van der Waals surface area contributed by atoms with Crippen molar-refractivity contribution in [3.05, 3.63) is 71.7 Å². The van der Waals surface area contributed by atoms with Gasteiger partial charge in [0.05, 0.1) is 6.21 Å². The molecule has 0 atom stereocenters. The maximum Gasteiger partial charge on any atom is 0.123 e. The number of halogens is 1. The molecule has 140 valence electrons. The number of hydrogen-bond acceptors (Lipinski definition) is 3. The fraction of sp³-hybridized carbons (Fsp3) is 0.318. The minimum atomic E-state index is -0.174. The highest BCUT2D eigenvalue weighted by Gasteiger charge is 2.21. The number of likely N-dealkylation sites (tertiary alicyclic amines) is 1. The Morgan fingerprint density at radius 3 is 2.59 bits per heavy atom. The fourth-order valence-electron chi connectivity index (χ4n) is 3.99. The summed E-state index contributed by atoms with van der Waals surface area (Å²) < 4.78 is 15.4. The molecule has 4 rings (SSSR count). The van der Waals surface area contributed by atoms with Crippen LogP contribution in [-0.4, -0.2) is 40.5 Å². The van der Waals surface area contributed by atoms with Gasteiger partial charge < -0.3 is 14.7 Å². The Kier molecular flexibility index (Phi) is 5.21. The zero-order chi connectivity index (χ0) is 18.6. The quantitative estimate of drug-likeness (QED) is 0.412. The van der Waals surface area contributed by atoms with Crippen LogP contribution in [0.2, 0.25) is 0 Å². The van der Waals surface area contributed by atoms with Crippen LogP contribution in [0.4, 0.5) is 4.39 Å². The second kappa shape index (κ2) is 7.92. The molecule has 0 spiro atoms. The topological polar surface area (TPSA) is 40.8 Å². The summed E-state index contributed by atoms with van der Waals surface area (Å²) in [5.74, 6) is -0.174. The molecule has 0 unspecified atom stereocenters. The summed E-state index contributed by atoms with van der Waals surface area (Å²) in [4.78, 5) is 2.50. The van der Waals surface area contributed by atoms with Crippen molar-refractivity contribution in [1.29, 1.82) is 0 Å². The lowest BCUT2D eigenvalue weighted by atomic mass is 10.0. The van der Waals surface area contributed by atoms with Crippen LogP contribution >= 0.6 is 0 Å². The molecule has 1 saturated heterocycles. The van der Waals surface area contributed by atoms with Crippen molar-refractivity contribution in [3.63, 3.8) is 0 Å². The molecule has 0 bridgehead atoms. The number of oxime groups is 1. The Hall–Kier alpha value is -2.66. The van der Waals surface area contributed by atoms with Crippen LogP contribution in [0, 0.1) is 5.82 Å². The molecule has 3 aromatic rings. The largest absolute Gasteiger partial charge is 0.411 e. The predicted molar refractivity (Wildman–Crippen MR) is 106 cm³/mol. The van der Waals surface area contributed by atoms with E-state index in [1.54, 1.807) is 0 Å². The van der Waals surface area contributed by atoms with Gasteiger partial charge in [-0.1, -0.05) is 29.4 Å². The fourth-order valence-corrected chi connectivity index (χ4v) is 3.99. The van der Waals surface area contributed by atoms with Crippen molar-refractivity contribution in [1.82, 2.24) is 9.47 Å². The molecule has 2 aromatic carbocycles. The Morgan fingerprint density at radius 2 is 1.85 bits per heavy atom. The first-order valence-electron chi connectivity index (χ1n) is 9.48. The molecule has 2 heterocycles. The van der Waals surface area contributed by atoms with E-state index in [0.717, 1.165) is 44.5 Å². The van der Waals surface area contributed by atoms with E-state index in [2.05, 4.69) is 39.0 Å². The Balaban J connectivity index is 1.38. The van der Waals surface area contributed by atoms with Gasteiger partial charge in [0.2, 0.25) is 0 Å². The first-order chi connectivity index (χ1) is 13.2. The molecule has 0 saturated carbocycles. The van der Waals surface area contributed by atoms with E-state index < -0.39 is 0 Å². The maximum atomic E-state index is 13.0. The van der Waals surface area contributed by atoms with E-state index in [1.807, 2.05) is 18.2 Å². The van der Waals surface area contributed by atoms with Gasteiger partial charge in [-0.05, 0) is 60.0 Å². The molecule has 27 heavy (non-hydrogen) atoms. The SMILES string of the molecule is O/N=C/c1ccc2ccn(C3CCN(CCc4ccc(F)cc4)CC3)c2c1. The molecule has 1 aliphatic heterocycles. The third-order valence-electron chi connectivity index (χ3n) is 5.53. The first kappa shape index (κ1) is 17.7. The summed E-state index contributed by atoms with van der Waals surface area (Å²) in [5.41, 5.74) is 3.28. The van der Waals surface area contributed by atoms with E-state index >= 15 is 0 Å². The van der Waals surface area contributed by atoms with E-state index in [9.17, 15) is 4.39 Å². The van der Waals surface area contributed by atoms with Gasteiger partial charge in [0, 0.05) is 37.4 Å². The average Bonchev–Trinajstić information content (AvgIpc) is 3.11. The number of aromatic nitrogens is 1. The van der Waals surface area contributed by atoms with E-state index in [0.29, 0.717) is 6.04 Å². The number of rotatable bonds is 5. The molecule has 4 nitrogen and oxygen atoms in total. The number of benzene rings is 2. The Bertz CT molecular complexity index is 924. The zero-order valence-corrected chi connectivity index (χ0v) is 15.3. The van der Waals surface area contributed by atoms with Gasteiger partial charge in [-0.15, -0.1) is 0 Å². The van der Waals surface area contributed by atoms with E-state index in [4.69, 9.17) is 5.21 Å². The normalized spacial score (nSPS) is 16.5. The minimum Gasteiger partial charge on any atom is -0.411 e. The van der Waals surface area contributed by atoms with Crippen LogP contribution in [0.1, 0.15) is 30.0 Å². The van der Waals surface area contributed by atoms with Crippen LogP contribution in [0.5, 0.6) is 0 Å². The molecular formula is C22H24FN3O. The van der Waals surface area contributed by atoms with Crippen LogP contribution < -0.4 is 0 Å². The second-order valence-electron chi connectivity index (χ2n) is 7.24. The lowest BCUT2D eigenvalue weighted by Crippen LogP contribution is -2.35. The summed E-state index contributed by atoms with van der Waals surface area (Å²) in [6, 6.07) is 15.6. The van der Waals surface area contributed by atoms with Crippen molar-refractivity contribution in [2.24, 2.45) is 5.16 Å². The number of piperidine rings is 1. The lowest BCUT2D eigenvalue weighted by Gasteiger charge is -2.33. The monoisotopic (exact) mass is 365 g/mol. The molecule has 1 aliphatic rings. The highest BCUT2D eigenvalue weighted by atomic mass is 19.1. The van der Waals surface area contributed by atoms with Crippen molar-refractivity contribution < 1.29 is 9.60 Å². The van der Waals surface area contributed by atoms with E-state index in [1.165, 1.54) is 34.8 Å². The van der Waals surface area contributed by atoms with Gasteiger partial charge in [-0.3, -0.25) is 0 Å². The zero-order valence-electron chi connectivity index (χ0n) is 15.3. The smallest absolute Gasteiger partial charge is 0.123 e. The third kappa shape index (κ3) is 4.03. The first-order valence-corrected chi connectivity index (χ1v) is 9.48. The number of fused-ring (bicyclic) bond motifs is 1. The summed E-state index contributed by atoms with van der Waals surface area (Å²) in [6.45, 7) is 3.16. The van der Waals surface area contributed by atoms with Crippen molar-refractivity contribution >= 4 is 17.1 Å². The Labute approximate surface area is 158 Å². The highest BCUT2D eigenvalue weighted by Crippen LogP contribution is 2.28. The van der Waals surface area contributed by atoms with Gasteiger partial charge in [0.15, 0.2) is 0 Å². The van der Waals surface area contributed by atoms with Gasteiger partial charge in [-0.2, -0.15) is 0 Å². The molecule has 0 aliphatic carbocycles. The average molecular weight is 365 g/mol. The molecule has 0 radical (unpaired) electrons. The van der Waals surface area contributed by atoms with Crippen molar-refractivity contribution in [2.45, 2.75) is 25.3 Å². The van der Waals surface area contributed by atoms with Crippen molar-refractivity contribution in [3.8, 4) is 0 Å². The van der Waals surface area contributed by atoms with Crippen LogP contribution in [-0.2, 0) is 6.42 Å².